The second-order valence-electron chi connectivity index (χ2n) is 9.47. The van der Waals surface area contributed by atoms with E-state index in [1.165, 1.54) is 22.4 Å². The van der Waals surface area contributed by atoms with Gasteiger partial charge in [0, 0.05) is 56.4 Å². The first-order chi connectivity index (χ1) is 16.7. The predicted octanol–water partition coefficient (Wildman–Crippen LogP) is 5.64. The molecule has 5 rings (SSSR count). The van der Waals surface area contributed by atoms with Crippen molar-refractivity contribution in [1.29, 1.82) is 0 Å². The van der Waals surface area contributed by atoms with Crippen molar-refractivity contribution in [3.05, 3.63) is 113 Å². The van der Waals surface area contributed by atoms with Gasteiger partial charge in [0.05, 0.1) is 5.69 Å². The molecule has 0 spiro atoms. The van der Waals surface area contributed by atoms with E-state index in [-0.39, 0.29) is 0 Å². The van der Waals surface area contributed by atoms with Crippen molar-refractivity contribution in [2.75, 3.05) is 32.7 Å². The Morgan fingerprint density at radius 3 is 1.88 bits per heavy atom. The third kappa shape index (κ3) is 5.30. The zero-order valence-corrected chi connectivity index (χ0v) is 20.2. The molecule has 1 aromatic heterocycles. The molecular formula is C30H34N4. The van der Waals surface area contributed by atoms with E-state index in [4.69, 9.17) is 4.98 Å². The van der Waals surface area contributed by atoms with Gasteiger partial charge < -0.3 is 4.98 Å². The van der Waals surface area contributed by atoms with Gasteiger partial charge in [0.15, 0.2) is 0 Å². The summed E-state index contributed by atoms with van der Waals surface area (Å²) in [6.45, 7) is 10.5. The van der Waals surface area contributed by atoms with Crippen molar-refractivity contribution in [2.24, 2.45) is 0 Å². The summed E-state index contributed by atoms with van der Waals surface area (Å²) >= 11 is 0. The average Bonchev–Trinajstić information content (AvgIpc) is 3.25. The van der Waals surface area contributed by atoms with E-state index >= 15 is 0 Å². The van der Waals surface area contributed by atoms with Crippen LogP contribution in [0.2, 0.25) is 0 Å². The molecule has 4 nitrogen and oxygen atoms in total. The number of benzene rings is 3. The zero-order valence-electron chi connectivity index (χ0n) is 20.2. The van der Waals surface area contributed by atoms with Crippen LogP contribution in [0.25, 0.3) is 11.4 Å². The molecule has 0 radical (unpaired) electrons. The van der Waals surface area contributed by atoms with Crippen molar-refractivity contribution < 1.29 is 0 Å². The van der Waals surface area contributed by atoms with Gasteiger partial charge in [-0.25, -0.2) is 4.98 Å². The lowest BCUT2D eigenvalue weighted by molar-refractivity contribution is 0.123. The van der Waals surface area contributed by atoms with Crippen molar-refractivity contribution in [2.45, 2.75) is 26.3 Å². The summed E-state index contributed by atoms with van der Waals surface area (Å²) in [5.74, 6) is 1.37. The smallest absolute Gasteiger partial charge is 0.137 e. The fraction of sp³-hybridized carbons (Fsp3) is 0.300. The van der Waals surface area contributed by atoms with Crippen molar-refractivity contribution in [1.82, 2.24) is 19.8 Å². The van der Waals surface area contributed by atoms with Gasteiger partial charge in [-0.1, -0.05) is 90.5 Å². The molecule has 1 N–H and O–H groups in total. The fourth-order valence-corrected chi connectivity index (χ4v) is 4.87. The Hall–Kier alpha value is -3.21. The Labute approximate surface area is 203 Å². The summed E-state index contributed by atoms with van der Waals surface area (Å²) in [4.78, 5) is 13.6. The van der Waals surface area contributed by atoms with Crippen LogP contribution in [0.15, 0.2) is 84.9 Å². The molecule has 0 saturated carbocycles. The lowest BCUT2D eigenvalue weighted by Crippen LogP contribution is -2.47. The number of aromatic amines is 1. The largest absolute Gasteiger partial charge is 0.342 e. The van der Waals surface area contributed by atoms with E-state index in [1.54, 1.807) is 0 Å². The minimum absolute atomic E-state index is 0.402. The molecule has 0 atom stereocenters. The number of hydrogen-bond donors (Lipinski definition) is 1. The number of piperazine rings is 1. The van der Waals surface area contributed by atoms with Crippen molar-refractivity contribution >= 4 is 0 Å². The second kappa shape index (κ2) is 10.4. The summed E-state index contributed by atoms with van der Waals surface area (Å²) in [5.41, 5.74) is 7.55. The van der Waals surface area contributed by atoms with Crippen LogP contribution in [-0.4, -0.2) is 52.5 Å². The standard InChI is InChI=1S/C30H34N4/c1-23-13-15-27(16-14-23)30-31-24(2)29(32-30)22-34-19-17-33(18-20-34)21-28(25-9-5-3-6-10-25)26-11-7-4-8-12-26/h3-16,28H,17-22H2,1-2H3,(H,31,32). The first-order valence-corrected chi connectivity index (χ1v) is 12.3. The number of aromatic nitrogens is 2. The van der Waals surface area contributed by atoms with Gasteiger partial charge in [-0.2, -0.15) is 0 Å². The lowest BCUT2D eigenvalue weighted by atomic mass is 9.90. The normalized spacial score (nSPS) is 15.1. The maximum absolute atomic E-state index is 4.94. The number of H-pyrrole nitrogens is 1. The summed E-state index contributed by atoms with van der Waals surface area (Å²) in [6.07, 6.45) is 0. The highest BCUT2D eigenvalue weighted by Gasteiger charge is 2.23. The van der Waals surface area contributed by atoms with Crippen LogP contribution in [0.3, 0.4) is 0 Å². The van der Waals surface area contributed by atoms with Gasteiger partial charge in [0.1, 0.15) is 5.82 Å². The molecule has 0 aliphatic carbocycles. The molecule has 174 valence electrons. The fourth-order valence-electron chi connectivity index (χ4n) is 4.87. The van der Waals surface area contributed by atoms with Crippen molar-refractivity contribution in [3.8, 4) is 11.4 Å². The molecule has 2 heterocycles. The SMILES string of the molecule is Cc1ccc(-c2nc(CN3CCN(CC(c4ccccc4)c4ccccc4)CC3)c(C)[nH]2)cc1. The number of aryl methyl sites for hydroxylation is 2. The second-order valence-corrected chi connectivity index (χ2v) is 9.47. The summed E-state index contributed by atoms with van der Waals surface area (Å²) in [5, 5.41) is 0. The third-order valence-electron chi connectivity index (χ3n) is 6.99. The quantitative estimate of drug-likeness (QED) is 0.396. The zero-order chi connectivity index (χ0) is 23.3. The number of rotatable bonds is 7. The summed E-state index contributed by atoms with van der Waals surface area (Å²) in [7, 11) is 0. The van der Waals surface area contributed by atoms with E-state index in [1.807, 2.05) is 0 Å². The highest BCUT2D eigenvalue weighted by molar-refractivity contribution is 5.56. The number of hydrogen-bond acceptors (Lipinski definition) is 3. The Bertz CT molecular complexity index is 1130. The highest BCUT2D eigenvalue weighted by Crippen LogP contribution is 2.26. The molecule has 4 aromatic rings. The molecule has 1 saturated heterocycles. The van der Waals surface area contributed by atoms with Crippen LogP contribution in [0.1, 0.15) is 34.0 Å². The first-order valence-electron chi connectivity index (χ1n) is 12.3. The van der Waals surface area contributed by atoms with E-state index in [0.717, 1.165) is 56.4 Å². The van der Waals surface area contributed by atoms with Gasteiger partial charge >= 0.3 is 0 Å². The number of nitrogens with one attached hydrogen (secondary N) is 1. The van der Waals surface area contributed by atoms with Gasteiger partial charge in [-0.3, -0.25) is 9.80 Å². The van der Waals surface area contributed by atoms with Gasteiger partial charge in [0.2, 0.25) is 0 Å². The van der Waals surface area contributed by atoms with Crippen LogP contribution in [0.4, 0.5) is 0 Å². The van der Waals surface area contributed by atoms with Crippen LogP contribution in [0, 0.1) is 13.8 Å². The summed E-state index contributed by atoms with van der Waals surface area (Å²) < 4.78 is 0. The first kappa shape index (κ1) is 22.6. The minimum Gasteiger partial charge on any atom is -0.342 e. The molecule has 1 aliphatic rings. The monoisotopic (exact) mass is 450 g/mol. The molecule has 1 fully saturated rings. The molecule has 4 heteroatoms. The molecule has 0 amide bonds. The highest BCUT2D eigenvalue weighted by atomic mass is 15.3. The minimum atomic E-state index is 0.402. The van der Waals surface area contributed by atoms with Gasteiger partial charge in [-0.05, 0) is 25.0 Å². The Balaban J connectivity index is 1.21. The average molecular weight is 451 g/mol. The van der Waals surface area contributed by atoms with E-state index in [2.05, 4.69) is 114 Å². The molecule has 0 unspecified atom stereocenters. The Morgan fingerprint density at radius 2 is 1.29 bits per heavy atom. The Kier molecular flexibility index (Phi) is 6.89. The van der Waals surface area contributed by atoms with E-state index in [9.17, 15) is 0 Å². The van der Waals surface area contributed by atoms with Gasteiger partial charge in [-0.15, -0.1) is 0 Å². The summed E-state index contributed by atoms with van der Waals surface area (Å²) in [6, 6.07) is 30.4. The van der Waals surface area contributed by atoms with Crippen LogP contribution in [0.5, 0.6) is 0 Å². The Morgan fingerprint density at radius 1 is 0.735 bits per heavy atom. The molecule has 34 heavy (non-hydrogen) atoms. The van der Waals surface area contributed by atoms with E-state index < -0.39 is 0 Å². The topological polar surface area (TPSA) is 35.2 Å². The lowest BCUT2D eigenvalue weighted by Gasteiger charge is -2.36. The molecular weight excluding hydrogens is 416 g/mol. The van der Waals surface area contributed by atoms with Crippen LogP contribution in [-0.2, 0) is 6.54 Å². The molecule has 0 bridgehead atoms. The number of imidazole rings is 1. The van der Waals surface area contributed by atoms with Crippen molar-refractivity contribution in [3.63, 3.8) is 0 Å². The predicted molar refractivity (Wildman–Crippen MR) is 140 cm³/mol. The maximum Gasteiger partial charge on any atom is 0.137 e. The molecule has 1 aliphatic heterocycles. The van der Waals surface area contributed by atoms with E-state index in [0.29, 0.717) is 5.92 Å². The van der Waals surface area contributed by atoms with Crippen LogP contribution < -0.4 is 0 Å². The van der Waals surface area contributed by atoms with Gasteiger partial charge in [0.25, 0.3) is 0 Å². The number of nitrogens with zero attached hydrogens (tertiary/aromatic N) is 3. The van der Waals surface area contributed by atoms with Crippen LogP contribution >= 0.6 is 0 Å². The molecule has 3 aromatic carbocycles. The maximum atomic E-state index is 4.94. The third-order valence-corrected chi connectivity index (χ3v) is 6.99.